The molecule has 1 unspecified atom stereocenters. The smallest absolute Gasteiger partial charge is 0.326 e. The maximum Gasteiger partial charge on any atom is 0.326 e. The number of hydrogen-bond acceptors (Lipinski definition) is 8. The van der Waals surface area contributed by atoms with Crippen molar-refractivity contribution in [3.05, 3.63) is 12.7 Å². The van der Waals surface area contributed by atoms with Crippen LogP contribution >= 0.6 is 0 Å². The normalized spacial score (nSPS) is 11.6. The summed E-state index contributed by atoms with van der Waals surface area (Å²) in [5, 5.41) is 14.3. The van der Waals surface area contributed by atoms with Crippen molar-refractivity contribution in [2.75, 3.05) is 65.9 Å². The molecule has 0 aromatic carbocycles. The molecule has 11 heteroatoms. The molecule has 0 bridgehead atoms. The zero-order valence-electron chi connectivity index (χ0n) is 18.1. The van der Waals surface area contributed by atoms with Crippen molar-refractivity contribution in [2.24, 2.45) is 5.73 Å². The number of amides is 2. The highest BCUT2D eigenvalue weighted by Crippen LogP contribution is 2.02. The van der Waals surface area contributed by atoms with E-state index < -0.39 is 17.9 Å². The van der Waals surface area contributed by atoms with Gasteiger partial charge in [-0.1, -0.05) is 6.58 Å². The van der Waals surface area contributed by atoms with Crippen LogP contribution in [0.25, 0.3) is 0 Å². The average molecular weight is 448 g/mol. The number of rotatable bonds is 22. The Kier molecular flexibility index (Phi) is 19.8. The summed E-state index contributed by atoms with van der Waals surface area (Å²) in [6, 6.07) is -0.966. The average Bonchev–Trinajstić information content (AvgIpc) is 2.75. The Hall–Kier alpha value is -2.05. The van der Waals surface area contributed by atoms with E-state index >= 15 is 0 Å². The van der Waals surface area contributed by atoms with Gasteiger partial charge in [-0.05, 0) is 25.3 Å². The van der Waals surface area contributed by atoms with E-state index in [1.807, 2.05) is 0 Å². The Balaban J connectivity index is 3.62. The first kappa shape index (κ1) is 28.9. The van der Waals surface area contributed by atoms with Crippen molar-refractivity contribution < 1.29 is 38.4 Å². The Morgan fingerprint density at radius 3 is 1.97 bits per heavy atom. The predicted molar refractivity (Wildman–Crippen MR) is 114 cm³/mol. The van der Waals surface area contributed by atoms with Gasteiger partial charge >= 0.3 is 5.97 Å². The molecule has 1 atom stereocenters. The van der Waals surface area contributed by atoms with E-state index in [9.17, 15) is 19.5 Å². The third kappa shape index (κ3) is 19.6. The molecular formula is C20H37N3O8. The number of carboxylic acid groups (broad SMARTS) is 1. The maximum atomic E-state index is 11.9. The third-order valence-electron chi connectivity index (χ3n) is 3.89. The minimum absolute atomic E-state index is 0.0606. The first-order valence-corrected chi connectivity index (χ1v) is 10.4. The van der Waals surface area contributed by atoms with Crippen molar-refractivity contribution in [3.8, 4) is 0 Å². The van der Waals surface area contributed by atoms with Crippen LogP contribution in [0.3, 0.4) is 0 Å². The summed E-state index contributed by atoms with van der Waals surface area (Å²) in [5.74, 6) is -1.75. The fourth-order valence-electron chi connectivity index (χ4n) is 2.29. The van der Waals surface area contributed by atoms with E-state index in [4.69, 9.17) is 24.7 Å². The highest BCUT2D eigenvalue weighted by molar-refractivity contribution is 5.86. The summed E-state index contributed by atoms with van der Waals surface area (Å²) in [7, 11) is 0. The van der Waals surface area contributed by atoms with E-state index in [0.29, 0.717) is 72.2 Å². The lowest BCUT2D eigenvalue weighted by atomic mass is 10.1. The van der Waals surface area contributed by atoms with Crippen LogP contribution in [-0.2, 0) is 33.3 Å². The summed E-state index contributed by atoms with van der Waals surface area (Å²) in [6.07, 6.45) is 2.67. The number of aliphatic carboxylic acids is 1. The van der Waals surface area contributed by atoms with Gasteiger partial charge in [-0.2, -0.15) is 0 Å². The van der Waals surface area contributed by atoms with Crippen LogP contribution in [0.4, 0.5) is 0 Å². The van der Waals surface area contributed by atoms with Crippen LogP contribution < -0.4 is 16.4 Å². The third-order valence-corrected chi connectivity index (χ3v) is 3.89. The molecule has 180 valence electrons. The van der Waals surface area contributed by atoms with Crippen LogP contribution in [-0.4, -0.2) is 94.9 Å². The molecule has 0 saturated carbocycles. The molecular weight excluding hydrogens is 410 g/mol. The summed E-state index contributed by atoms with van der Waals surface area (Å²) in [4.78, 5) is 34.2. The second kappa shape index (κ2) is 21.2. The monoisotopic (exact) mass is 447 g/mol. The van der Waals surface area contributed by atoms with Gasteiger partial charge in [-0.15, -0.1) is 0 Å². The van der Waals surface area contributed by atoms with E-state index in [1.165, 1.54) is 6.08 Å². The fourth-order valence-corrected chi connectivity index (χ4v) is 2.29. The van der Waals surface area contributed by atoms with Crippen LogP contribution in [0, 0.1) is 0 Å². The number of unbranched alkanes of at least 4 members (excludes halogenated alkanes) is 1. The highest BCUT2D eigenvalue weighted by Gasteiger charge is 2.19. The van der Waals surface area contributed by atoms with Crippen molar-refractivity contribution in [3.63, 3.8) is 0 Å². The second-order valence-corrected chi connectivity index (χ2v) is 6.44. The molecule has 2 amide bonds. The molecule has 0 aromatic rings. The van der Waals surface area contributed by atoms with Gasteiger partial charge in [0.25, 0.3) is 0 Å². The lowest BCUT2D eigenvalue weighted by Gasteiger charge is -2.14. The SMILES string of the molecule is C=CC(=O)NCCCCC(NC(=O)CCOCCOCCOCCOCCN)C(=O)O. The molecule has 0 aliphatic carbocycles. The summed E-state index contributed by atoms with van der Waals surface area (Å²) in [5.41, 5.74) is 5.29. The number of carbonyl (C=O) groups excluding carboxylic acids is 2. The largest absolute Gasteiger partial charge is 0.480 e. The van der Waals surface area contributed by atoms with Gasteiger partial charge in [0.1, 0.15) is 6.04 Å². The predicted octanol–water partition coefficient (Wildman–Crippen LogP) is -0.556. The minimum atomic E-state index is -1.09. The quantitative estimate of drug-likeness (QED) is 0.126. The van der Waals surface area contributed by atoms with Crippen LogP contribution in [0.5, 0.6) is 0 Å². The molecule has 0 aliphatic heterocycles. The van der Waals surface area contributed by atoms with Gasteiger partial charge in [-0.3, -0.25) is 9.59 Å². The number of hydrogen-bond donors (Lipinski definition) is 4. The molecule has 0 aliphatic rings. The Labute approximate surface area is 183 Å². The Morgan fingerprint density at radius 2 is 1.45 bits per heavy atom. The number of carbonyl (C=O) groups is 3. The minimum Gasteiger partial charge on any atom is -0.480 e. The zero-order chi connectivity index (χ0) is 23.2. The zero-order valence-corrected chi connectivity index (χ0v) is 18.1. The topological polar surface area (TPSA) is 158 Å². The van der Waals surface area contributed by atoms with Crippen molar-refractivity contribution >= 4 is 17.8 Å². The van der Waals surface area contributed by atoms with Gasteiger partial charge in [0.15, 0.2) is 0 Å². The van der Waals surface area contributed by atoms with Gasteiger partial charge in [0.05, 0.1) is 52.9 Å². The van der Waals surface area contributed by atoms with Crippen LogP contribution in [0.1, 0.15) is 25.7 Å². The van der Waals surface area contributed by atoms with Crippen LogP contribution in [0.15, 0.2) is 12.7 Å². The van der Waals surface area contributed by atoms with Crippen molar-refractivity contribution in [1.29, 1.82) is 0 Å². The first-order chi connectivity index (χ1) is 15.0. The molecule has 11 nitrogen and oxygen atoms in total. The molecule has 0 radical (unpaired) electrons. The number of nitrogens with one attached hydrogen (secondary N) is 2. The van der Waals surface area contributed by atoms with E-state index in [-0.39, 0.29) is 25.4 Å². The van der Waals surface area contributed by atoms with E-state index in [0.717, 1.165) is 0 Å². The fraction of sp³-hybridized carbons (Fsp3) is 0.750. The molecule has 0 rings (SSSR count). The Morgan fingerprint density at radius 1 is 0.903 bits per heavy atom. The highest BCUT2D eigenvalue weighted by atomic mass is 16.6. The molecule has 5 N–H and O–H groups in total. The molecule has 0 aromatic heterocycles. The summed E-state index contributed by atoms with van der Waals surface area (Å²) >= 11 is 0. The molecule has 0 spiro atoms. The Bertz CT molecular complexity index is 505. The van der Waals surface area contributed by atoms with Gasteiger partial charge in [0.2, 0.25) is 11.8 Å². The summed E-state index contributed by atoms with van der Waals surface area (Å²) in [6.45, 7) is 7.51. The summed E-state index contributed by atoms with van der Waals surface area (Å²) < 4.78 is 21.1. The molecule has 31 heavy (non-hydrogen) atoms. The number of carboxylic acids is 1. The van der Waals surface area contributed by atoms with Crippen molar-refractivity contribution in [1.82, 2.24) is 10.6 Å². The lowest BCUT2D eigenvalue weighted by molar-refractivity contribution is -0.142. The molecule has 0 saturated heterocycles. The van der Waals surface area contributed by atoms with Gasteiger partial charge < -0.3 is 40.4 Å². The lowest BCUT2D eigenvalue weighted by Crippen LogP contribution is -2.41. The second-order valence-electron chi connectivity index (χ2n) is 6.44. The number of ether oxygens (including phenoxy) is 4. The van der Waals surface area contributed by atoms with E-state index in [1.54, 1.807) is 0 Å². The van der Waals surface area contributed by atoms with Crippen LogP contribution in [0.2, 0.25) is 0 Å². The molecule has 0 heterocycles. The van der Waals surface area contributed by atoms with Crippen molar-refractivity contribution in [2.45, 2.75) is 31.7 Å². The van der Waals surface area contributed by atoms with Gasteiger partial charge in [-0.25, -0.2) is 4.79 Å². The van der Waals surface area contributed by atoms with E-state index in [2.05, 4.69) is 17.2 Å². The molecule has 0 fully saturated rings. The number of nitrogens with two attached hydrogens (primary N) is 1. The first-order valence-electron chi connectivity index (χ1n) is 10.4. The standard InChI is InChI=1S/C20H37N3O8/c1-2-18(24)22-8-4-3-5-17(20(26)27)23-19(25)6-9-28-11-13-30-15-16-31-14-12-29-10-7-21/h2,17H,1,3-16,21H2,(H,22,24)(H,23,25)(H,26,27). The maximum absolute atomic E-state index is 11.9. The van der Waals surface area contributed by atoms with Gasteiger partial charge in [0, 0.05) is 19.5 Å².